The zero-order chi connectivity index (χ0) is 2.71. The quantitative estimate of drug-likeness (QED) is 0.304. The van der Waals surface area contributed by atoms with E-state index in [9.17, 15) is 0 Å². The minimum atomic E-state index is 0. The number of hydrogen-bond acceptors (Lipinski definition) is 3. The van der Waals surface area contributed by atoms with E-state index in [4.69, 9.17) is 10.5 Å². The smallest absolute Gasteiger partial charge is 0 e. The van der Waals surface area contributed by atoms with E-state index in [1.165, 1.54) is 0 Å². The molecule has 0 aliphatic rings. The third kappa shape index (κ3) is 43.9. The van der Waals surface area contributed by atoms with Gasteiger partial charge >= 0.3 is 0 Å². The first-order chi connectivity index (χ1) is 1.41. The van der Waals surface area contributed by atoms with Crippen LogP contribution in [-0.2, 0) is 41.6 Å². The van der Waals surface area contributed by atoms with Crippen molar-refractivity contribution >= 4 is 0 Å². The van der Waals surface area contributed by atoms with E-state index < -0.39 is 0 Å². The predicted octanol–water partition coefficient (Wildman–Crippen LogP) is -0.0560. The van der Waals surface area contributed by atoms with Gasteiger partial charge in [0, 0.05) is 36.5 Å². The van der Waals surface area contributed by atoms with E-state index in [0.717, 1.165) is 0 Å². The van der Waals surface area contributed by atoms with Crippen LogP contribution in [0.2, 0.25) is 0 Å². The average molecular weight is 170 g/mol. The Morgan fingerprint density at radius 3 is 1.20 bits per heavy atom. The van der Waals surface area contributed by atoms with Crippen molar-refractivity contribution in [1.82, 2.24) is 0 Å². The van der Waals surface area contributed by atoms with Gasteiger partial charge in [-0.15, -0.1) is 0 Å². The van der Waals surface area contributed by atoms with Crippen LogP contribution in [0.5, 0.6) is 0 Å². The van der Waals surface area contributed by atoms with Gasteiger partial charge in [-0.25, -0.2) is 10.5 Å². The molecule has 1 radical (unpaired) electrons. The van der Waals surface area contributed by atoms with E-state index in [1.54, 1.807) is 0 Å². The van der Waals surface area contributed by atoms with Gasteiger partial charge in [0.1, 0.15) is 0 Å². The van der Waals surface area contributed by atoms with Crippen LogP contribution < -0.4 is 0 Å². The topological polar surface area (TPSA) is 49.7 Å². The van der Waals surface area contributed by atoms with Gasteiger partial charge in [-0.05, 0) is 0 Å². The summed E-state index contributed by atoms with van der Waals surface area (Å²) in [6.07, 6.45) is 0. The van der Waals surface area contributed by atoms with Crippen LogP contribution in [0.3, 0.4) is 0 Å². The molecule has 0 bridgehead atoms. The summed E-state index contributed by atoms with van der Waals surface area (Å²) in [7, 11) is 0. The molecule has 29 valence electrons. The molecule has 0 aliphatic heterocycles. The molecule has 2 N–H and O–H groups in total. The Hall–Kier alpha value is 1.02. The van der Waals surface area contributed by atoms with Crippen LogP contribution >= 0.6 is 0 Å². The van der Waals surface area contributed by atoms with Gasteiger partial charge in [-0.3, -0.25) is 0 Å². The normalized spacial score (nSPS) is 3.60. The van der Waals surface area contributed by atoms with Crippen molar-refractivity contribution in [3.63, 3.8) is 0 Å². The molecular weight excluding hydrogens is 168 g/mol. The standard InChI is InChI=1S/Mn.H2O3.Zn/c;1-3-2;/h;1-2H;. The monoisotopic (exact) mass is 169 g/mol. The Morgan fingerprint density at radius 2 is 1.20 bits per heavy atom. The summed E-state index contributed by atoms with van der Waals surface area (Å²) in [5.74, 6) is 0. The molecule has 0 atom stereocenters. The largest absolute Gasteiger partial charge is 0.221 e. The van der Waals surface area contributed by atoms with Gasteiger partial charge in [0.15, 0.2) is 0 Å². The Morgan fingerprint density at radius 1 is 1.20 bits per heavy atom. The summed E-state index contributed by atoms with van der Waals surface area (Å²) in [4.78, 5) is 0. The van der Waals surface area contributed by atoms with E-state index >= 15 is 0 Å². The molecule has 0 spiro atoms. The van der Waals surface area contributed by atoms with Gasteiger partial charge in [-0.2, -0.15) is 0 Å². The van der Waals surface area contributed by atoms with Crippen LogP contribution in [0.15, 0.2) is 0 Å². The molecule has 5 heteroatoms. The average Bonchev–Trinajstić information content (AvgIpc) is 0.918. The van der Waals surface area contributed by atoms with Gasteiger partial charge in [0.25, 0.3) is 0 Å². The molecule has 0 fully saturated rings. The van der Waals surface area contributed by atoms with Crippen molar-refractivity contribution in [2.75, 3.05) is 0 Å². The van der Waals surface area contributed by atoms with E-state index in [1.807, 2.05) is 0 Å². The molecule has 0 heterocycles. The van der Waals surface area contributed by atoms with Crippen molar-refractivity contribution in [3.05, 3.63) is 0 Å². The minimum Gasteiger partial charge on any atom is -0.221 e. The molecule has 0 aromatic heterocycles. The zero-order valence-electron chi connectivity index (χ0n) is 2.39. The minimum absolute atomic E-state index is 0. The molecule has 0 saturated heterocycles. The summed E-state index contributed by atoms with van der Waals surface area (Å²) in [5, 5.41) is 15.5. The van der Waals surface area contributed by atoms with Gasteiger partial charge in [-0.1, -0.05) is 5.04 Å². The molecule has 0 saturated carbocycles. The first-order valence-corrected chi connectivity index (χ1v) is 0.365. The van der Waals surface area contributed by atoms with Gasteiger partial charge in [0.05, 0.1) is 0 Å². The SMILES string of the molecule is OOO.[Mn].[Zn]. The Labute approximate surface area is 52.4 Å². The molecule has 0 rings (SSSR count). The van der Waals surface area contributed by atoms with Crippen molar-refractivity contribution < 1.29 is 52.1 Å². The van der Waals surface area contributed by atoms with E-state index in [2.05, 4.69) is 5.04 Å². The maximum Gasteiger partial charge on any atom is 0 e. The molecule has 3 nitrogen and oxygen atoms in total. The number of hydrogen-bond donors (Lipinski definition) is 2. The maximum absolute atomic E-state index is 6.62. The van der Waals surface area contributed by atoms with Crippen molar-refractivity contribution in [2.45, 2.75) is 0 Å². The number of rotatable bonds is 0. The summed E-state index contributed by atoms with van der Waals surface area (Å²) >= 11 is 0. The van der Waals surface area contributed by atoms with Crippen LogP contribution in [0.1, 0.15) is 0 Å². The summed E-state index contributed by atoms with van der Waals surface area (Å²) in [6.45, 7) is 0. The van der Waals surface area contributed by atoms with E-state index in [-0.39, 0.29) is 36.5 Å². The molecule has 5 heavy (non-hydrogen) atoms. The van der Waals surface area contributed by atoms with Crippen LogP contribution in [0.25, 0.3) is 0 Å². The molecule has 0 unspecified atom stereocenters. The molecule has 0 aromatic carbocycles. The van der Waals surface area contributed by atoms with Crippen molar-refractivity contribution in [2.24, 2.45) is 0 Å². The van der Waals surface area contributed by atoms with Gasteiger partial charge < -0.3 is 0 Å². The van der Waals surface area contributed by atoms with Crippen LogP contribution in [0.4, 0.5) is 0 Å². The molecular formula is H2MnO3Zn. The fourth-order valence-electron chi connectivity index (χ4n) is 0. The zero-order valence-corrected chi connectivity index (χ0v) is 6.54. The Bertz CT molecular complexity index is 6.85. The van der Waals surface area contributed by atoms with E-state index in [0.29, 0.717) is 0 Å². The molecule has 0 aromatic rings. The van der Waals surface area contributed by atoms with Crippen LogP contribution in [0, 0.1) is 0 Å². The predicted molar refractivity (Wildman–Crippen MR) is 6.34 cm³/mol. The second kappa shape index (κ2) is 19.9. The third-order valence-electron chi connectivity index (χ3n) is 0. The van der Waals surface area contributed by atoms with Crippen molar-refractivity contribution in [1.29, 1.82) is 0 Å². The molecule has 0 amide bonds. The van der Waals surface area contributed by atoms with Gasteiger partial charge in [0.2, 0.25) is 0 Å². The molecule has 0 aliphatic carbocycles. The summed E-state index contributed by atoms with van der Waals surface area (Å²) < 4.78 is 0. The van der Waals surface area contributed by atoms with Crippen molar-refractivity contribution in [3.8, 4) is 0 Å². The second-order valence-corrected chi connectivity index (χ2v) is 0.0816. The van der Waals surface area contributed by atoms with Crippen LogP contribution in [-0.4, -0.2) is 10.5 Å². The summed E-state index contributed by atoms with van der Waals surface area (Å²) in [5.41, 5.74) is 0. The maximum atomic E-state index is 6.62. The first kappa shape index (κ1) is 16.6. The summed E-state index contributed by atoms with van der Waals surface area (Å²) in [6, 6.07) is 0. The Kier molecular flexibility index (Phi) is 66.1. The Balaban J connectivity index is -0.0000000200. The third-order valence-corrected chi connectivity index (χ3v) is 0. The fourth-order valence-corrected chi connectivity index (χ4v) is 0. The second-order valence-electron chi connectivity index (χ2n) is 0.0816. The first-order valence-electron chi connectivity index (χ1n) is 0.365. The fraction of sp³-hybridized carbons (Fsp3) is 0.